The van der Waals surface area contributed by atoms with Crippen molar-refractivity contribution in [1.29, 1.82) is 0 Å². The van der Waals surface area contributed by atoms with Gasteiger partial charge < -0.3 is 15.0 Å². The van der Waals surface area contributed by atoms with Gasteiger partial charge in [-0.3, -0.25) is 4.79 Å². The molecule has 4 heterocycles. The number of carbonyl (C=O) groups is 1. The van der Waals surface area contributed by atoms with Gasteiger partial charge in [0.1, 0.15) is 5.82 Å². The number of carbonyl (C=O) groups excluding carboxylic acids is 1. The molecule has 4 rings (SSSR count). The molecular weight excluding hydrogens is 342 g/mol. The second kappa shape index (κ2) is 7.11. The number of ether oxygens (including phenoxy) is 1. The van der Waals surface area contributed by atoms with Crippen molar-refractivity contribution in [2.24, 2.45) is 0 Å². The fourth-order valence-electron chi connectivity index (χ4n) is 2.63. The summed E-state index contributed by atoms with van der Waals surface area (Å²) in [5, 5.41) is 18.1. The Morgan fingerprint density at radius 2 is 2.16 bits per heavy atom. The molecule has 1 saturated heterocycles. The van der Waals surface area contributed by atoms with E-state index in [4.69, 9.17) is 4.74 Å². The molecule has 0 aromatic carbocycles. The van der Waals surface area contributed by atoms with Gasteiger partial charge in [0, 0.05) is 37.5 Å². The Bertz CT molecular complexity index is 858. The molecule has 0 radical (unpaired) electrons. The van der Waals surface area contributed by atoms with Crippen LogP contribution in [-0.2, 0) is 16.0 Å². The fourth-order valence-corrected chi connectivity index (χ4v) is 3.18. The van der Waals surface area contributed by atoms with Gasteiger partial charge in [-0.05, 0) is 12.1 Å². The highest BCUT2D eigenvalue weighted by Crippen LogP contribution is 2.15. The Kier molecular flexibility index (Phi) is 4.53. The van der Waals surface area contributed by atoms with Crippen LogP contribution in [0.2, 0.25) is 0 Å². The van der Waals surface area contributed by atoms with Crippen LogP contribution >= 0.6 is 11.3 Å². The van der Waals surface area contributed by atoms with Crippen LogP contribution in [0, 0.1) is 0 Å². The molecule has 0 saturated carbocycles. The van der Waals surface area contributed by atoms with Crippen LogP contribution in [0.4, 0.5) is 10.9 Å². The van der Waals surface area contributed by atoms with E-state index in [0.717, 1.165) is 18.9 Å². The average molecular weight is 359 g/mol. The maximum Gasteiger partial charge on any atom is 0.226 e. The maximum atomic E-state index is 12.0. The summed E-state index contributed by atoms with van der Waals surface area (Å²) in [7, 11) is 0. The highest BCUT2D eigenvalue weighted by atomic mass is 32.1. The number of rotatable bonds is 5. The first-order valence-electron chi connectivity index (χ1n) is 8.03. The third-order valence-electron chi connectivity index (χ3n) is 3.90. The lowest BCUT2D eigenvalue weighted by Crippen LogP contribution is -2.37. The van der Waals surface area contributed by atoms with Crippen LogP contribution in [0.15, 0.2) is 23.7 Å². The number of aryl methyl sites for hydroxylation is 1. The van der Waals surface area contributed by atoms with Crippen molar-refractivity contribution >= 4 is 33.8 Å². The van der Waals surface area contributed by atoms with Gasteiger partial charge >= 0.3 is 0 Å². The first-order valence-corrected chi connectivity index (χ1v) is 8.91. The molecule has 0 spiro atoms. The number of thiazole rings is 1. The minimum Gasteiger partial charge on any atom is -0.378 e. The predicted molar refractivity (Wildman–Crippen MR) is 92.9 cm³/mol. The number of hydrogen-bond donors (Lipinski definition) is 1. The smallest absolute Gasteiger partial charge is 0.226 e. The molecule has 3 aromatic rings. The van der Waals surface area contributed by atoms with Crippen molar-refractivity contribution in [1.82, 2.24) is 24.8 Å². The first-order chi connectivity index (χ1) is 12.3. The van der Waals surface area contributed by atoms with Crippen molar-refractivity contribution in [3.8, 4) is 0 Å². The summed E-state index contributed by atoms with van der Waals surface area (Å²) in [6, 6.07) is 3.83. The molecule has 0 aliphatic carbocycles. The number of nitrogens with zero attached hydrogens (tertiary/aromatic N) is 6. The molecule has 130 valence electrons. The monoisotopic (exact) mass is 359 g/mol. The molecule has 0 atom stereocenters. The van der Waals surface area contributed by atoms with Crippen LogP contribution in [0.3, 0.4) is 0 Å². The third-order valence-corrected chi connectivity index (χ3v) is 4.59. The summed E-state index contributed by atoms with van der Waals surface area (Å²) in [6.45, 7) is 3.02. The lowest BCUT2D eigenvalue weighted by atomic mass is 10.3. The molecule has 0 bridgehead atoms. The Labute approximate surface area is 147 Å². The lowest BCUT2D eigenvalue weighted by molar-refractivity contribution is -0.116. The Balaban J connectivity index is 1.46. The molecule has 25 heavy (non-hydrogen) atoms. The molecule has 0 unspecified atom stereocenters. The molecule has 10 heteroatoms. The summed E-state index contributed by atoms with van der Waals surface area (Å²) in [5.74, 6) is 1.43. The highest BCUT2D eigenvalue weighted by Gasteiger charge is 2.15. The zero-order valence-electron chi connectivity index (χ0n) is 13.5. The van der Waals surface area contributed by atoms with E-state index in [1.165, 1.54) is 11.3 Å². The first kappa shape index (κ1) is 15.9. The number of aromatic nitrogens is 5. The van der Waals surface area contributed by atoms with Crippen LogP contribution < -0.4 is 10.2 Å². The van der Waals surface area contributed by atoms with Gasteiger partial charge in [-0.1, -0.05) is 0 Å². The van der Waals surface area contributed by atoms with Crippen LogP contribution in [-0.4, -0.2) is 57.0 Å². The Morgan fingerprint density at radius 3 is 2.96 bits per heavy atom. The minimum absolute atomic E-state index is 0.101. The molecule has 1 N–H and O–H groups in total. The minimum atomic E-state index is -0.101. The second-order valence-corrected chi connectivity index (χ2v) is 6.46. The van der Waals surface area contributed by atoms with Gasteiger partial charge in [0.2, 0.25) is 5.91 Å². The van der Waals surface area contributed by atoms with E-state index in [1.54, 1.807) is 10.7 Å². The summed E-state index contributed by atoms with van der Waals surface area (Å²) in [5.41, 5.74) is 0.673. The van der Waals surface area contributed by atoms with Crippen molar-refractivity contribution < 1.29 is 9.53 Å². The standard InChI is InChI=1S/C15H17N7O2S/c23-14(17-15-16-5-10-25-15)4-3-12-19-18-11-1-2-13(20-22(11)12)21-6-8-24-9-7-21/h1-2,5,10H,3-4,6-9H2,(H,16,17,23). The van der Waals surface area contributed by atoms with E-state index < -0.39 is 0 Å². The van der Waals surface area contributed by atoms with Crippen LogP contribution in [0.1, 0.15) is 12.2 Å². The molecule has 1 aliphatic heterocycles. The van der Waals surface area contributed by atoms with E-state index in [1.807, 2.05) is 17.5 Å². The number of morpholine rings is 1. The second-order valence-electron chi connectivity index (χ2n) is 5.56. The van der Waals surface area contributed by atoms with E-state index in [0.29, 0.717) is 42.7 Å². The van der Waals surface area contributed by atoms with Crippen molar-refractivity contribution in [3.63, 3.8) is 0 Å². The molecule has 1 amide bonds. The Morgan fingerprint density at radius 1 is 1.28 bits per heavy atom. The normalized spacial score (nSPS) is 14.8. The summed E-state index contributed by atoms with van der Waals surface area (Å²) < 4.78 is 7.09. The Hall–Kier alpha value is -2.59. The SMILES string of the molecule is O=C(CCc1nnc2ccc(N3CCOCC3)nn12)Nc1nccs1. The summed E-state index contributed by atoms with van der Waals surface area (Å²) >= 11 is 1.39. The lowest BCUT2D eigenvalue weighted by Gasteiger charge is -2.27. The number of nitrogens with one attached hydrogen (secondary N) is 1. The van der Waals surface area contributed by atoms with E-state index in [9.17, 15) is 4.79 Å². The van der Waals surface area contributed by atoms with Gasteiger partial charge in [-0.2, -0.15) is 4.52 Å². The molecule has 1 aliphatic rings. The number of amides is 1. The van der Waals surface area contributed by atoms with E-state index >= 15 is 0 Å². The maximum absolute atomic E-state index is 12.0. The fraction of sp³-hybridized carbons (Fsp3) is 0.400. The topological polar surface area (TPSA) is 97.5 Å². The highest BCUT2D eigenvalue weighted by molar-refractivity contribution is 7.13. The van der Waals surface area contributed by atoms with Crippen molar-refractivity contribution in [2.45, 2.75) is 12.8 Å². The predicted octanol–water partition coefficient (Wildman–Crippen LogP) is 0.989. The molecule has 9 nitrogen and oxygen atoms in total. The third kappa shape index (κ3) is 3.59. The van der Waals surface area contributed by atoms with E-state index in [2.05, 4.69) is 30.5 Å². The van der Waals surface area contributed by atoms with Crippen molar-refractivity contribution in [2.75, 3.05) is 36.5 Å². The number of hydrogen-bond acceptors (Lipinski definition) is 8. The zero-order valence-corrected chi connectivity index (χ0v) is 14.3. The quantitative estimate of drug-likeness (QED) is 0.725. The van der Waals surface area contributed by atoms with Crippen LogP contribution in [0.25, 0.3) is 5.65 Å². The van der Waals surface area contributed by atoms with Gasteiger partial charge in [-0.15, -0.1) is 26.6 Å². The van der Waals surface area contributed by atoms with Gasteiger partial charge in [0.25, 0.3) is 0 Å². The zero-order chi connectivity index (χ0) is 17.1. The largest absolute Gasteiger partial charge is 0.378 e. The summed E-state index contributed by atoms with van der Waals surface area (Å²) in [4.78, 5) is 18.2. The number of fused-ring (bicyclic) bond motifs is 1. The molecule has 3 aromatic heterocycles. The van der Waals surface area contributed by atoms with Crippen molar-refractivity contribution in [3.05, 3.63) is 29.5 Å². The molecule has 1 fully saturated rings. The van der Waals surface area contributed by atoms with Gasteiger partial charge in [-0.25, -0.2) is 4.98 Å². The summed E-state index contributed by atoms with van der Waals surface area (Å²) in [6.07, 6.45) is 2.41. The molecular formula is C15H17N7O2S. The average Bonchev–Trinajstić information content (AvgIpc) is 3.30. The van der Waals surface area contributed by atoms with E-state index in [-0.39, 0.29) is 5.91 Å². The number of anilines is 2. The van der Waals surface area contributed by atoms with Gasteiger partial charge in [0.05, 0.1) is 13.2 Å². The van der Waals surface area contributed by atoms with Crippen LogP contribution in [0.5, 0.6) is 0 Å². The van der Waals surface area contributed by atoms with Gasteiger partial charge in [0.15, 0.2) is 16.6 Å².